The number of likely N-dealkylation sites (N-methyl/N-ethyl adjacent to an activating group) is 2. The minimum atomic E-state index is -2.74. The third-order valence-corrected chi connectivity index (χ3v) is 9.05. The van der Waals surface area contributed by atoms with Crippen LogP contribution in [0, 0.1) is 17.7 Å². The molecule has 0 spiro atoms. The van der Waals surface area contributed by atoms with Gasteiger partial charge >= 0.3 is 0 Å². The van der Waals surface area contributed by atoms with E-state index in [9.17, 15) is 34.8 Å². The molecule has 11 nitrogen and oxygen atoms in total. The maximum atomic E-state index is 16.1. The summed E-state index contributed by atoms with van der Waals surface area (Å²) in [4.78, 5) is 42.5. The fourth-order valence-electron chi connectivity index (χ4n) is 6.62. The summed E-state index contributed by atoms with van der Waals surface area (Å²) in [7, 11) is 4.88. The van der Waals surface area contributed by atoms with Crippen LogP contribution in [0.5, 0.6) is 5.75 Å². The molecule has 12 heteroatoms. The molecule has 39 heavy (non-hydrogen) atoms. The fraction of sp³-hybridized carbons (Fsp3) is 0.519. The van der Waals surface area contributed by atoms with Gasteiger partial charge in [0.2, 0.25) is 5.78 Å². The van der Waals surface area contributed by atoms with Gasteiger partial charge in [-0.15, -0.1) is 0 Å². The normalized spacial score (nSPS) is 30.3. The lowest BCUT2D eigenvalue weighted by atomic mass is 9.57. The monoisotopic (exact) mass is 544 g/mol. The first-order chi connectivity index (χ1) is 18.1. The number of aliphatic hydroxyl groups excluding tert-OH is 2. The van der Waals surface area contributed by atoms with Gasteiger partial charge in [-0.05, 0) is 53.8 Å². The Morgan fingerprint density at radius 3 is 2.41 bits per heavy atom. The molecule has 1 aliphatic heterocycles. The van der Waals surface area contributed by atoms with Crippen LogP contribution in [0.3, 0.4) is 0 Å². The maximum Gasteiger partial charge on any atom is 0.255 e. The summed E-state index contributed by atoms with van der Waals surface area (Å²) in [5.41, 5.74) is 1.08. The van der Waals surface area contributed by atoms with E-state index in [0.717, 1.165) is 0 Å². The molecule has 0 radical (unpaired) electrons. The number of primary amides is 1. The van der Waals surface area contributed by atoms with Crippen LogP contribution in [-0.4, -0.2) is 92.6 Å². The van der Waals surface area contributed by atoms with Crippen molar-refractivity contribution in [2.24, 2.45) is 17.6 Å². The average Bonchev–Trinajstić information content (AvgIpc) is 2.95. The molecule has 1 fully saturated rings. The minimum Gasteiger partial charge on any atom is -0.508 e. The van der Waals surface area contributed by atoms with Crippen LogP contribution >= 0.6 is 0 Å². The Bertz CT molecular complexity index is 1420. The molecule has 0 saturated heterocycles. The molecular formula is C27H33FN4O7. The molecule has 7 N–H and O–H groups in total. The number of halogens is 1. The number of ketones is 2. The summed E-state index contributed by atoms with van der Waals surface area (Å²) in [6, 6.07) is -1.20. The van der Waals surface area contributed by atoms with Gasteiger partial charge < -0.3 is 31.5 Å². The Morgan fingerprint density at radius 1 is 1.18 bits per heavy atom. The van der Waals surface area contributed by atoms with E-state index < -0.39 is 75.1 Å². The van der Waals surface area contributed by atoms with Crippen molar-refractivity contribution >= 4 is 28.9 Å². The highest BCUT2D eigenvalue weighted by Crippen LogP contribution is 2.54. The van der Waals surface area contributed by atoms with Crippen LogP contribution in [0.4, 0.5) is 10.1 Å². The van der Waals surface area contributed by atoms with Crippen molar-refractivity contribution in [3.8, 4) is 5.75 Å². The first-order valence-corrected chi connectivity index (χ1v) is 12.7. The maximum absolute atomic E-state index is 16.1. The number of hydrogen-bond acceptors (Lipinski definition) is 10. The van der Waals surface area contributed by atoms with Gasteiger partial charge in [-0.2, -0.15) is 0 Å². The molecule has 0 bridgehead atoms. The summed E-state index contributed by atoms with van der Waals surface area (Å²) < 4.78 is 16.1. The van der Waals surface area contributed by atoms with E-state index in [1.165, 1.54) is 19.0 Å². The molecule has 1 saturated carbocycles. The Kier molecular flexibility index (Phi) is 5.91. The Balaban J connectivity index is 1.73. The van der Waals surface area contributed by atoms with Gasteiger partial charge in [-0.1, -0.05) is 0 Å². The Labute approximate surface area is 224 Å². The Hall–Kier alpha value is -3.48. The van der Waals surface area contributed by atoms with Crippen molar-refractivity contribution in [3.63, 3.8) is 0 Å². The number of benzene rings is 1. The third kappa shape index (κ3) is 3.47. The topological polar surface area (TPSA) is 177 Å². The number of fused-ring (bicyclic) bond motifs is 4. The van der Waals surface area contributed by atoms with E-state index >= 15 is 4.39 Å². The zero-order chi connectivity index (χ0) is 28.9. The van der Waals surface area contributed by atoms with Gasteiger partial charge in [-0.3, -0.25) is 24.2 Å². The van der Waals surface area contributed by atoms with Gasteiger partial charge in [0.05, 0.1) is 17.3 Å². The van der Waals surface area contributed by atoms with Gasteiger partial charge in [0.25, 0.3) is 5.91 Å². The lowest BCUT2D eigenvalue weighted by Crippen LogP contribution is -2.65. The Morgan fingerprint density at radius 2 is 1.82 bits per heavy atom. The first-order valence-electron chi connectivity index (χ1n) is 12.7. The predicted octanol–water partition coefficient (Wildman–Crippen LogP) is 0.739. The van der Waals surface area contributed by atoms with Crippen LogP contribution in [-0.2, 0) is 27.3 Å². The number of hydrogen-bond donors (Lipinski definition) is 6. The van der Waals surface area contributed by atoms with E-state index in [2.05, 4.69) is 5.32 Å². The molecule has 210 valence electrons. The van der Waals surface area contributed by atoms with Crippen molar-refractivity contribution in [1.29, 1.82) is 0 Å². The molecule has 1 heterocycles. The highest BCUT2D eigenvalue weighted by Gasteiger charge is 2.64. The molecule has 1 amide bonds. The minimum absolute atomic E-state index is 0.0202. The van der Waals surface area contributed by atoms with Crippen LogP contribution in [0.2, 0.25) is 0 Å². The largest absolute Gasteiger partial charge is 0.508 e. The summed E-state index contributed by atoms with van der Waals surface area (Å²) >= 11 is 0. The number of rotatable bonds is 2. The highest BCUT2D eigenvalue weighted by molar-refractivity contribution is 6.24. The molecule has 1 aromatic carbocycles. The van der Waals surface area contributed by atoms with E-state index in [-0.39, 0.29) is 47.3 Å². The lowest BCUT2D eigenvalue weighted by molar-refractivity contribution is -0.153. The quantitative estimate of drug-likeness (QED) is 0.230. The molecule has 4 atom stereocenters. The summed E-state index contributed by atoms with van der Waals surface area (Å²) in [6.07, 6.45) is -0.206. The summed E-state index contributed by atoms with van der Waals surface area (Å²) in [6.45, 7) is 4.45. The molecule has 4 aliphatic rings. The number of nitrogens with two attached hydrogens (primary N) is 1. The van der Waals surface area contributed by atoms with E-state index in [4.69, 9.17) is 5.73 Å². The SMILES string of the molecule is CN(C)[C@@H]1C(=O)C(C(N)=O)=C(O)[C@@]2(O)C(=O)C3=C(O)c4c(O)c5c(c(F)c4C[C@H]3C[C@@H]12)CN(C)C(C)(C)CN5. The molecule has 5 rings (SSSR count). The van der Waals surface area contributed by atoms with Crippen molar-refractivity contribution in [2.75, 3.05) is 33.0 Å². The number of phenolic OH excluding ortho intramolecular Hbond substituents is 1. The van der Waals surface area contributed by atoms with Crippen molar-refractivity contribution in [3.05, 3.63) is 39.4 Å². The molecule has 3 aliphatic carbocycles. The second-order valence-corrected chi connectivity index (χ2v) is 11.9. The molecule has 0 aromatic heterocycles. The number of aliphatic hydroxyl groups is 3. The molecular weight excluding hydrogens is 511 g/mol. The summed E-state index contributed by atoms with van der Waals surface area (Å²) in [5, 5.41) is 48.3. The zero-order valence-electron chi connectivity index (χ0n) is 22.4. The number of nitrogens with zero attached hydrogens (tertiary/aromatic N) is 2. The first kappa shape index (κ1) is 27.1. The van der Waals surface area contributed by atoms with Gasteiger partial charge in [0.15, 0.2) is 11.4 Å². The fourth-order valence-corrected chi connectivity index (χ4v) is 6.62. The molecule has 0 unspecified atom stereocenters. The van der Waals surface area contributed by atoms with Crippen LogP contribution in [0.25, 0.3) is 5.76 Å². The number of phenols is 1. The van der Waals surface area contributed by atoms with Gasteiger partial charge in [0.1, 0.15) is 28.7 Å². The van der Waals surface area contributed by atoms with Gasteiger partial charge in [-0.25, -0.2) is 4.39 Å². The van der Waals surface area contributed by atoms with E-state index in [1.807, 2.05) is 25.8 Å². The van der Waals surface area contributed by atoms with E-state index in [1.54, 1.807) is 0 Å². The molecule has 1 aromatic rings. The second kappa shape index (κ2) is 8.51. The lowest BCUT2D eigenvalue weighted by Gasteiger charge is -2.50. The van der Waals surface area contributed by atoms with Crippen LogP contribution in [0.15, 0.2) is 16.9 Å². The number of aromatic hydroxyl groups is 1. The standard InChI is InChI=1S/C27H33FN4O7/c1-26(2)9-30-18-12(8-32(26)5)17(28)11-6-10-7-13-19(31(3)4)22(35)16(25(29)38)24(37)27(13,39)23(36)14(10)20(33)15(11)21(18)34/h10,13,19,30,33-34,37,39H,6-9H2,1-5H3,(H2,29,38)/t10-,13-,19-,27-/m0/s1. The van der Waals surface area contributed by atoms with Crippen molar-refractivity contribution in [1.82, 2.24) is 9.80 Å². The number of amides is 1. The zero-order valence-corrected chi connectivity index (χ0v) is 22.4. The number of nitrogens with one attached hydrogen (secondary N) is 1. The van der Waals surface area contributed by atoms with E-state index in [0.29, 0.717) is 6.54 Å². The number of Topliss-reactive ketones (excluding diaryl/α,β-unsaturated/α-hetero) is 2. The number of carbonyl (C=O) groups is 3. The summed E-state index contributed by atoms with van der Waals surface area (Å²) in [5.74, 6) is -8.28. The number of carbonyl (C=O) groups excluding carboxylic acids is 3. The number of anilines is 1. The van der Waals surface area contributed by atoms with Crippen LogP contribution in [0.1, 0.15) is 37.0 Å². The highest BCUT2D eigenvalue weighted by atomic mass is 19.1. The second-order valence-electron chi connectivity index (χ2n) is 11.9. The average molecular weight is 545 g/mol. The van der Waals surface area contributed by atoms with Crippen molar-refractivity contribution in [2.45, 2.75) is 50.4 Å². The van der Waals surface area contributed by atoms with Crippen LogP contribution < -0.4 is 11.1 Å². The van der Waals surface area contributed by atoms with Gasteiger partial charge in [0, 0.05) is 41.2 Å². The third-order valence-electron chi connectivity index (χ3n) is 9.05. The predicted molar refractivity (Wildman–Crippen MR) is 138 cm³/mol. The van der Waals surface area contributed by atoms with Crippen molar-refractivity contribution < 1.29 is 39.2 Å². The smallest absolute Gasteiger partial charge is 0.255 e.